The molecule has 0 aromatic heterocycles. The Morgan fingerprint density at radius 3 is 3.09 bits per heavy atom. The van der Waals surface area contributed by atoms with Crippen molar-refractivity contribution in [2.75, 3.05) is 25.2 Å². The quantitative estimate of drug-likeness (QED) is 0.481. The maximum Gasteiger partial charge on any atom is 0.191 e. The highest BCUT2D eigenvalue weighted by molar-refractivity contribution is 7.99. The molecule has 1 aliphatic rings. The normalized spacial score (nSPS) is 18.6. The molecule has 5 heteroatoms. The molecule has 2 rings (SSSR count). The third-order valence-electron chi connectivity index (χ3n) is 3.50. The van der Waals surface area contributed by atoms with Crippen molar-refractivity contribution in [3.63, 3.8) is 0 Å². The Morgan fingerprint density at radius 2 is 2.36 bits per heavy atom. The lowest BCUT2D eigenvalue weighted by molar-refractivity contribution is 0.358. The lowest BCUT2D eigenvalue weighted by Crippen LogP contribution is -2.45. The van der Waals surface area contributed by atoms with Gasteiger partial charge >= 0.3 is 0 Å². The standard InChI is InChI=1S/C17H25N3OS/c1-3-10-21-16-9-5-4-7-14(16)12-19-17(18-2)20-15-8-6-11-22-13-15/h3-5,7,9,15H,1,6,8,10-13H2,2H3,(H2,18,19,20). The summed E-state index contributed by atoms with van der Waals surface area (Å²) in [5.41, 5.74) is 1.12. The van der Waals surface area contributed by atoms with Crippen LogP contribution in [0.25, 0.3) is 0 Å². The molecule has 1 aromatic rings. The van der Waals surface area contributed by atoms with E-state index < -0.39 is 0 Å². The highest BCUT2D eigenvalue weighted by atomic mass is 32.2. The molecule has 4 nitrogen and oxygen atoms in total. The summed E-state index contributed by atoms with van der Waals surface area (Å²) in [6.45, 7) is 4.89. The summed E-state index contributed by atoms with van der Waals surface area (Å²) in [6, 6.07) is 8.56. The molecule has 1 unspecified atom stereocenters. The van der Waals surface area contributed by atoms with Gasteiger partial charge in [-0.1, -0.05) is 30.9 Å². The first kappa shape index (κ1) is 16.7. The first-order valence-corrected chi connectivity index (χ1v) is 8.85. The zero-order valence-corrected chi connectivity index (χ0v) is 14.0. The summed E-state index contributed by atoms with van der Waals surface area (Å²) >= 11 is 2.01. The van der Waals surface area contributed by atoms with E-state index in [-0.39, 0.29) is 0 Å². The predicted molar refractivity (Wildman–Crippen MR) is 95.8 cm³/mol. The van der Waals surface area contributed by atoms with Crippen molar-refractivity contribution in [2.24, 2.45) is 4.99 Å². The van der Waals surface area contributed by atoms with Crippen LogP contribution in [0, 0.1) is 0 Å². The Bertz CT molecular complexity index is 498. The highest BCUT2D eigenvalue weighted by Crippen LogP contribution is 2.18. The van der Waals surface area contributed by atoms with Crippen molar-refractivity contribution < 1.29 is 4.74 Å². The van der Waals surface area contributed by atoms with E-state index in [1.54, 1.807) is 6.08 Å². The first-order valence-electron chi connectivity index (χ1n) is 7.70. The largest absolute Gasteiger partial charge is 0.489 e. The number of guanidine groups is 1. The van der Waals surface area contributed by atoms with Crippen molar-refractivity contribution in [3.05, 3.63) is 42.5 Å². The predicted octanol–water partition coefficient (Wildman–Crippen LogP) is 2.81. The van der Waals surface area contributed by atoms with Crippen molar-refractivity contribution in [1.82, 2.24) is 10.6 Å². The van der Waals surface area contributed by atoms with Crippen LogP contribution in [-0.2, 0) is 6.54 Å². The molecule has 1 saturated heterocycles. The Labute approximate surface area is 137 Å². The van der Waals surface area contributed by atoms with Crippen LogP contribution in [0.1, 0.15) is 18.4 Å². The molecule has 2 N–H and O–H groups in total. The molecular formula is C17H25N3OS. The van der Waals surface area contributed by atoms with Gasteiger partial charge in [0.15, 0.2) is 5.96 Å². The van der Waals surface area contributed by atoms with Gasteiger partial charge in [-0.2, -0.15) is 11.8 Å². The van der Waals surface area contributed by atoms with E-state index in [2.05, 4.69) is 28.3 Å². The smallest absolute Gasteiger partial charge is 0.191 e. The van der Waals surface area contributed by atoms with Crippen LogP contribution in [-0.4, -0.2) is 37.2 Å². The third-order valence-corrected chi connectivity index (χ3v) is 4.72. The number of benzene rings is 1. The number of rotatable bonds is 6. The lowest BCUT2D eigenvalue weighted by Gasteiger charge is -2.24. The molecule has 0 bridgehead atoms. The minimum atomic E-state index is 0.511. The number of hydrogen-bond acceptors (Lipinski definition) is 3. The first-order chi connectivity index (χ1) is 10.8. The maximum absolute atomic E-state index is 5.68. The van der Waals surface area contributed by atoms with Crippen molar-refractivity contribution >= 4 is 17.7 Å². The van der Waals surface area contributed by atoms with Crippen molar-refractivity contribution in [1.29, 1.82) is 0 Å². The van der Waals surface area contributed by atoms with E-state index in [0.29, 0.717) is 19.2 Å². The molecule has 120 valence electrons. The van der Waals surface area contributed by atoms with E-state index in [1.165, 1.54) is 18.6 Å². The molecule has 22 heavy (non-hydrogen) atoms. The Kier molecular flexibility index (Phi) is 7.16. The fraction of sp³-hybridized carbons (Fsp3) is 0.471. The number of ether oxygens (including phenoxy) is 1. The summed E-state index contributed by atoms with van der Waals surface area (Å²) in [5, 5.41) is 6.87. The maximum atomic E-state index is 5.68. The second-order valence-electron chi connectivity index (χ2n) is 5.19. The van der Waals surface area contributed by atoms with E-state index in [1.807, 2.05) is 37.0 Å². The van der Waals surface area contributed by atoms with Gasteiger partial charge in [0.1, 0.15) is 12.4 Å². The van der Waals surface area contributed by atoms with Gasteiger partial charge in [-0.25, -0.2) is 0 Å². The zero-order valence-electron chi connectivity index (χ0n) is 13.2. The van der Waals surface area contributed by atoms with Crippen molar-refractivity contribution in [2.45, 2.75) is 25.4 Å². The molecule has 1 atom stereocenters. The Balaban J connectivity index is 1.88. The van der Waals surface area contributed by atoms with Crippen LogP contribution < -0.4 is 15.4 Å². The third kappa shape index (κ3) is 5.30. The highest BCUT2D eigenvalue weighted by Gasteiger charge is 2.14. The molecule has 0 saturated carbocycles. The molecular weight excluding hydrogens is 294 g/mol. The van der Waals surface area contributed by atoms with Crippen LogP contribution >= 0.6 is 11.8 Å². The van der Waals surface area contributed by atoms with E-state index in [4.69, 9.17) is 4.74 Å². The molecule has 0 aliphatic carbocycles. The number of nitrogens with zero attached hydrogens (tertiary/aromatic N) is 1. The minimum absolute atomic E-state index is 0.511. The number of hydrogen-bond donors (Lipinski definition) is 2. The second kappa shape index (κ2) is 9.41. The number of aliphatic imine (C=N–C) groups is 1. The van der Waals surface area contributed by atoms with Gasteiger partial charge in [-0.15, -0.1) is 0 Å². The Hall–Kier alpha value is -1.62. The van der Waals surface area contributed by atoms with Crippen LogP contribution in [0.15, 0.2) is 41.9 Å². The van der Waals surface area contributed by atoms with Crippen molar-refractivity contribution in [3.8, 4) is 5.75 Å². The SMILES string of the molecule is C=CCOc1ccccc1CNC(=NC)NC1CCCSC1. The van der Waals surface area contributed by atoms with E-state index in [9.17, 15) is 0 Å². The van der Waals surface area contributed by atoms with Crippen LogP contribution in [0.5, 0.6) is 5.75 Å². The zero-order chi connectivity index (χ0) is 15.6. The van der Waals surface area contributed by atoms with Gasteiger partial charge in [-0.3, -0.25) is 4.99 Å². The second-order valence-corrected chi connectivity index (χ2v) is 6.34. The molecule has 0 spiro atoms. The van der Waals surface area contributed by atoms with Gasteiger partial charge in [0.05, 0.1) is 0 Å². The monoisotopic (exact) mass is 319 g/mol. The van der Waals surface area contributed by atoms with Crippen LogP contribution in [0.2, 0.25) is 0 Å². The van der Waals surface area contributed by atoms with E-state index in [0.717, 1.165) is 23.0 Å². The van der Waals surface area contributed by atoms with Crippen LogP contribution in [0.3, 0.4) is 0 Å². The summed E-state index contributed by atoms with van der Waals surface area (Å²) in [6.07, 6.45) is 4.25. The minimum Gasteiger partial charge on any atom is -0.489 e. The summed E-state index contributed by atoms with van der Waals surface area (Å²) in [4.78, 5) is 4.32. The van der Waals surface area contributed by atoms with E-state index >= 15 is 0 Å². The summed E-state index contributed by atoms with van der Waals surface area (Å²) in [7, 11) is 1.81. The number of para-hydroxylation sites is 1. The molecule has 0 radical (unpaired) electrons. The topological polar surface area (TPSA) is 45.6 Å². The molecule has 0 amide bonds. The van der Waals surface area contributed by atoms with Gasteiger partial charge in [-0.05, 0) is 24.7 Å². The number of nitrogens with one attached hydrogen (secondary N) is 2. The fourth-order valence-corrected chi connectivity index (χ4v) is 3.43. The van der Waals surface area contributed by atoms with Gasteiger partial charge in [0.2, 0.25) is 0 Å². The Morgan fingerprint density at radius 1 is 1.50 bits per heavy atom. The summed E-state index contributed by atoms with van der Waals surface area (Å²) < 4.78 is 5.68. The molecule has 1 aliphatic heterocycles. The molecule has 1 heterocycles. The number of thioether (sulfide) groups is 1. The van der Waals surface area contributed by atoms with Gasteiger partial charge in [0.25, 0.3) is 0 Å². The summed E-state index contributed by atoms with van der Waals surface area (Å²) in [5.74, 6) is 4.17. The molecule has 1 aromatic carbocycles. The van der Waals surface area contributed by atoms with Crippen LogP contribution in [0.4, 0.5) is 0 Å². The average molecular weight is 319 g/mol. The lowest BCUT2D eigenvalue weighted by atomic mass is 10.2. The average Bonchev–Trinajstić information content (AvgIpc) is 2.58. The molecule has 1 fully saturated rings. The van der Waals surface area contributed by atoms with Gasteiger partial charge in [0, 0.05) is 31.0 Å². The van der Waals surface area contributed by atoms with Gasteiger partial charge < -0.3 is 15.4 Å². The fourth-order valence-electron chi connectivity index (χ4n) is 2.36.